The minimum absolute atomic E-state index is 0.154. The SMILES string of the molecule is CC1=CC(=O)[C@@]2(O)[C@@H]1C(=O)O[C@]2(C)CC/C=C(\C)CCCO. The fraction of sp³-hybridized carbons (Fsp3) is 0.647. The summed E-state index contributed by atoms with van der Waals surface area (Å²) in [5.41, 5.74) is -1.28. The maximum absolute atomic E-state index is 12.2. The van der Waals surface area contributed by atoms with Gasteiger partial charge in [-0.15, -0.1) is 0 Å². The van der Waals surface area contributed by atoms with Crippen molar-refractivity contribution in [3.05, 3.63) is 23.3 Å². The lowest BCUT2D eigenvalue weighted by molar-refractivity contribution is -0.161. The Morgan fingerprint density at radius 1 is 1.45 bits per heavy atom. The van der Waals surface area contributed by atoms with E-state index in [0.717, 1.165) is 12.0 Å². The van der Waals surface area contributed by atoms with Gasteiger partial charge in [0.15, 0.2) is 11.4 Å². The first-order chi connectivity index (χ1) is 10.3. The summed E-state index contributed by atoms with van der Waals surface area (Å²) in [6.45, 7) is 5.43. The molecule has 0 bridgehead atoms. The molecule has 0 spiro atoms. The summed E-state index contributed by atoms with van der Waals surface area (Å²) < 4.78 is 5.40. The zero-order valence-corrected chi connectivity index (χ0v) is 13.4. The highest BCUT2D eigenvalue weighted by molar-refractivity contribution is 6.08. The van der Waals surface area contributed by atoms with Gasteiger partial charge in [0, 0.05) is 6.61 Å². The molecule has 3 atom stereocenters. The van der Waals surface area contributed by atoms with Crippen LogP contribution >= 0.6 is 0 Å². The first-order valence-corrected chi connectivity index (χ1v) is 7.70. The van der Waals surface area contributed by atoms with Crippen LogP contribution in [0.15, 0.2) is 23.3 Å². The smallest absolute Gasteiger partial charge is 0.317 e. The Morgan fingerprint density at radius 2 is 2.14 bits per heavy atom. The average Bonchev–Trinajstić information content (AvgIpc) is 2.79. The Balaban J connectivity index is 2.11. The maximum atomic E-state index is 12.2. The fourth-order valence-corrected chi connectivity index (χ4v) is 3.45. The van der Waals surface area contributed by atoms with E-state index in [2.05, 4.69) is 0 Å². The molecule has 0 aromatic carbocycles. The third-order valence-electron chi connectivity index (χ3n) is 4.82. The van der Waals surface area contributed by atoms with Crippen molar-refractivity contribution >= 4 is 11.8 Å². The average molecular weight is 308 g/mol. The highest BCUT2D eigenvalue weighted by Crippen LogP contribution is 2.50. The summed E-state index contributed by atoms with van der Waals surface area (Å²) in [4.78, 5) is 24.2. The van der Waals surface area contributed by atoms with Crippen molar-refractivity contribution in [2.24, 2.45) is 5.92 Å². The number of hydrogen-bond donors (Lipinski definition) is 2. The van der Waals surface area contributed by atoms with E-state index in [1.165, 1.54) is 6.08 Å². The largest absolute Gasteiger partial charge is 0.455 e. The number of fused-ring (bicyclic) bond motifs is 1. The molecule has 1 fully saturated rings. The molecule has 0 radical (unpaired) electrons. The van der Waals surface area contributed by atoms with E-state index >= 15 is 0 Å². The molecule has 0 unspecified atom stereocenters. The Hall–Kier alpha value is -1.46. The molecule has 5 nitrogen and oxygen atoms in total. The van der Waals surface area contributed by atoms with Gasteiger partial charge in [-0.3, -0.25) is 9.59 Å². The van der Waals surface area contributed by atoms with Crippen molar-refractivity contribution in [2.45, 2.75) is 57.7 Å². The van der Waals surface area contributed by atoms with Crippen LogP contribution in [0, 0.1) is 5.92 Å². The van der Waals surface area contributed by atoms with Crippen LogP contribution in [0.3, 0.4) is 0 Å². The number of allylic oxidation sites excluding steroid dienone is 2. The first kappa shape index (κ1) is 16.9. The molecular formula is C17H24O5. The van der Waals surface area contributed by atoms with E-state index in [1.807, 2.05) is 13.0 Å². The molecule has 1 aliphatic carbocycles. The Kier molecular flexibility index (Phi) is 4.59. The molecule has 2 N–H and O–H groups in total. The van der Waals surface area contributed by atoms with E-state index in [-0.39, 0.29) is 6.61 Å². The van der Waals surface area contributed by atoms with Gasteiger partial charge in [0.05, 0.1) is 0 Å². The lowest BCUT2D eigenvalue weighted by Gasteiger charge is -2.35. The number of ketones is 1. The van der Waals surface area contributed by atoms with E-state index in [1.54, 1.807) is 13.8 Å². The molecular weight excluding hydrogens is 284 g/mol. The van der Waals surface area contributed by atoms with Crippen molar-refractivity contribution in [3.8, 4) is 0 Å². The number of esters is 1. The molecule has 1 aliphatic heterocycles. The van der Waals surface area contributed by atoms with Crippen molar-refractivity contribution in [3.63, 3.8) is 0 Å². The number of cyclic esters (lactones) is 1. The molecule has 0 aromatic rings. The van der Waals surface area contributed by atoms with Crippen LogP contribution < -0.4 is 0 Å². The van der Waals surface area contributed by atoms with Crippen LogP contribution in [0.1, 0.15) is 46.5 Å². The van der Waals surface area contributed by atoms with Crippen LogP contribution in [-0.4, -0.2) is 39.8 Å². The number of hydrogen-bond acceptors (Lipinski definition) is 5. The second-order valence-electron chi connectivity index (χ2n) is 6.52. The second-order valence-corrected chi connectivity index (χ2v) is 6.52. The van der Waals surface area contributed by atoms with Crippen molar-refractivity contribution < 1.29 is 24.5 Å². The highest BCUT2D eigenvalue weighted by Gasteiger charge is 2.69. The van der Waals surface area contributed by atoms with Gasteiger partial charge in [-0.25, -0.2) is 0 Å². The van der Waals surface area contributed by atoms with E-state index < -0.39 is 28.9 Å². The zero-order valence-electron chi connectivity index (χ0n) is 13.4. The minimum Gasteiger partial charge on any atom is -0.455 e. The van der Waals surface area contributed by atoms with Gasteiger partial charge in [0.1, 0.15) is 11.5 Å². The Labute approximate surface area is 130 Å². The quantitative estimate of drug-likeness (QED) is 0.576. The van der Waals surface area contributed by atoms with Crippen LogP contribution in [0.25, 0.3) is 0 Å². The Morgan fingerprint density at radius 3 is 2.77 bits per heavy atom. The molecule has 1 saturated heterocycles. The number of aliphatic hydroxyl groups excluding tert-OH is 1. The summed E-state index contributed by atoms with van der Waals surface area (Å²) in [6.07, 6.45) is 5.86. The number of aliphatic hydroxyl groups is 2. The summed E-state index contributed by atoms with van der Waals surface area (Å²) in [7, 11) is 0. The van der Waals surface area contributed by atoms with E-state index in [9.17, 15) is 14.7 Å². The number of carbonyl (C=O) groups excluding carboxylic acids is 2. The fourth-order valence-electron chi connectivity index (χ4n) is 3.45. The number of rotatable bonds is 6. The maximum Gasteiger partial charge on any atom is 0.317 e. The first-order valence-electron chi connectivity index (χ1n) is 7.70. The van der Waals surface area contributed by atoms with E-state index in [4.69, 9.17) is 9.84 Å². The molecule has 2 rings (SSSR count). The lowest BCUT2D eigenvalue weighted by Crippen LogP contribution is -2.55. The minimum atomic E-state index is -1.78. The predicted octanol–water partition coefficient (Wildman–Crippen LogP) is 1.68. The van der Waals surface area contributed by atoms with Gasteiger partial charge in [-0.1, -0.05) is 17.2 Å². The summed E-state index contributed by atoms with van der Waals surface area (Å²) in [6, 6.07) is 0. The monoisotopic (exact) mass is 308 g/mol. The van der Waals surface area contributed by atoms with Gasteiger partial charge in [-0.2, -0.15) is 0 Å². The van der Waals surface area contributed by atoms with Gasteiger partial charge >= 0.3 is 5.97 Å². The van der Waals surface area contributed by atoms with Crippen molar-refractivity contribution in [2.75, 3.05) is 6.61 Å². The standard InChI is InChI=1S/C17H24O5/c1-11(7-5-9-18)6-4-8-16(3)17(21)13(19)10-12(2)14(17)15(20)22-16/h6,10,14,18,21H,4-5,7-9H2,1-3H3/b11-6+/t14-,16+,17+/m0/s1. The van der Waals surface area contributed by atoms with Gasteiger partial charge < -0.3 is 14.9 Å². The predicted molar refractivity (Wildman–Crippen MR) is 81.0 cm³/mol. The second kappa shape index (κ2) is 5.97. The normalized spacial score (nSPS) is 34.7. The van der Waals surface area contributed by atoms with Crippen molar-refractivity contribution in [1.82, 2.24) is 0 Å². The number of ether oxygens (including phenoxy) is 1. The molecule has 2 aliphatic rings. The van der Waals surface area contributed by atoms with Crippen LogP contribution in [-0.2, 0) is 14.3 Å². The summed E-state index contributed by atoms with van der Waals surface area (Å²) in [5, 5.41) is 19.7. The molecule has 0 saturated carbocycles. The molecule has 5 heteroatoms. The molecule has 0 amide bonds. The lowest BCUT2D eigenvalue weighted by atomic mass is 9.74. The van der Waals surface area contributed by atoms with Crippen molar-refractivity contribution in [1.29, 1.82) is 0 Å². The summed E-state index contributed by atoms with van der Waals surface area (Å²) >= 11 is 0. The summed E-state index contributed by atoms with van der Waals surface area (Å²) in [5.74, 6) is -1.83. The van der Waals surface area contributed by atoms with Gasteiger partial charge in [-0.05, 0) is 52.5 Å². The van der Waals surface area contributed by atoms with Crippen LogP contribution in [0.2, 0.25) is 0 Å². The van der Waals surface area contributed by atoms with Crippen LogP contribution in [0.5, 0.6) is 0 Å². The highest BCUT2D eigenvalue weighted by atomic mass is 16.6. The molecule has 22 heavy (non-hydrogen) atoms. The third-order valence-corrected chi connectivity index (χ3v) is 4.82. The molecule has 1 heterocycles. The zero-order chi connectivity index (χ0) is 16.5. The van der Waals surface area contributed by atoms with Gasteiger partial charge in [0.2, 0.25) is 0 Å². The third kappa shape index (κ3) is 2.52. The van der Waals surface area contributed by atoms with E-state index in [0.29, 0.717) is 24.8 Å². The van der Waals surface area contributed by atoms with Crippen LogP contribution in [0.4, 0.5) is 0 Å². The number of carbonyl (C=O) groups is 2. The topological polar surface area (TPSA) is 83.8 Å². The molecule has 122 valence electrons. The molecule has 0 aromatic heterocycles. The van der Waals surface area contributed by atoms with Gasteiger partial charge in [0.25, 0.3) is 0 Å². The Bertz CT molecular complexity index is 547.